The average molecular weight is 475 g/mol. The summed E-state index contributed by atoms with van der Waals surface area (Å²) in [5, 5.41) is 3.59. The zero-order chi connectivity index (χ0) is 24.0. The van der Waals surface area contributed by atoms with E-state index in [1.54, 1.807) is 22.7 Å². The summed E-state index contributed by atoms with van der Waals surface area (Å²) in [4.78, 5) is 19.6. The summed E-state index contributed by atoms with van der Waals surface area (Å²) < 4.78 is 19.6. The zero-order valence-corrected chi connectivity index (χ0v) is 20.4. The van der Waals surface area contributed by atoms with Gasteiger partial charge in [-0.15, -0.1) is 0 Å². The minimum atomic E-state index is -1.22. The van der Waals surface area contributed by atoms with Crippen LogP contribution >= 0.6 is 11.6 Å². The first-order chi connectivity index (χ1) is 15.8. The Labute approximate surface area is 199 Å². The molecule has 2 aromatic heterocycles. The molecule has 2 heterocycles. The maximum atomic E-state index is 12.9. The van der Waals surface area contributed by atoms with E-state index in [-0.39, 0.29) is 11.8 Å². The van der Waals surface area contributed by atoms with Crippen LogP contribution in [0.3, 0.4) is 0 Å². The predicted molar refractivity (Wildman–Crippen MR) is 131 cm³/mol. The fourth-order valence-electron chi connectivity index (χ4n) is 3.61. The molecule has 0 fully saturated rings. The number of hydrogen-bond acceptors (Lipinski definition) is 4. The van der Waals surface area contributed by atoms with E-state index in [9.17, 15) is 9.18 Å². The first-order valence-corrected chi connectivity index (χ1v) is 11.7. The number of nitrogens with one attached hydrogen (secondary N) is 1. The number of fused-ring (bicyclic) bond motifs is 1. The third-order valence-electron chi connectivity index (χ3n) is 5.61. The molecule has 8 heteroatoms. The average Bonchev–Trinajstić information content (AvgIpc) is 3.17. The second-order valence-corrected chi connectivity index (χ2v) is 8.81. The molecule has 0 saturated carbocycles. The SMILES string of the molecule is CCc1nc2cc(Cl)ccn2c1C(=O)NCc1ccc(N(C)CCC(C)COC(C)F)cc1. The zero-order valence-electron chi connectivity index (χ0n) is 19.6. The van der Waals surface area contributed by atoms with Crippen molar-refractivity contribution >= 4 is 28.8 Å². The van der Waals surface area contributed by atoms with E-state index in [1.165, 1.54) is 6.92 Å². The lowest BCUT2D eigenvalue weighted by atomic mass is 10.1. The highest BCUT2D eigenvalue weighted by Crippen LogP contribution is 2.19. The van der Waals surface area contributed by atoms with E-state index in [0.717, 1.165) is 29.9 Å². The Balaban J connectivity index is 1.56. The molecule has 1 N–H and O–H groups in total. The van der Waals surface area contributed by atoms with Crippen molar-refractivity contribution in [3.63, 3.8) is 0 Å². The molecule has 3 rings (SSSR count). The summed E-state index contributed by atoms with van der Waals surface area (Å²) >= 11 is 6.06. The van der Waals surface area contributed by atoms with Gasteiger partial charge >= 0.3 is 0 Å². The highest BCUT2D eigenvalue weighted by molar-refractivity contribution is 6.30. The number of carbonyl (C=O) groups excluding carboxylic acids is 1. The van der Waals surface area contributed by atoms with Gasteiger partial charge < -0.3 is 15.0 Å². The third-order valence-corrected chi connectivity index (χ3v) is 5.84. The number of ether oxygens (including phenoxy) is 1. The Bertz CT molecular complexity index is 1070. The number of aromatic nitrogens is 2. The van der Waals surface area contributed by atoms with Gasteiger partial charge in [0.2, 0.25) is 0 Å². The Morgan fingerprint density at radius 1 is 1.27 bits per heavy atom. The number of halogens is 2. The molecule has 0 bridgehead atoms. The van der Waals surface area contributed by atoms with E-state index in [0.29, 0.717) is 35.9 Å². The topological polar surface area (TPSA) is 58.9 Å². The van der Waals surface area contributed by atoms with Gasteiger partial charge in [-0.25, -0.2) is 9.37 Å². The molecule has 2 atom stereocenters. The lowest BCUT2D eigenvalue weighted by Gasteiger charge is -2.22. The van der Waals surface area contributed by atoms with Gasteiger partial charge in [-0.3, -0.25) is 9.20 Å². The molecule has 0 radical (unpaired) electrons. The van der Waals surface area contributed by atoms with Crippen LogP contribution in [0.15, 0.2) is 42.6 Å². The van der Waals surface area contributed by atoms with Gasteiger partial charge in [-0.05, 0) is 49.4 Å². The molecule has 6 nitrogen and oxygen atoms in total. The number of alkyl halides is 1. The van der Waals surface area contributed by atoms with E-state index >= 15 is 0 Å². The second kappa shape index (κ2) is 11.5. The molecule has 33 heavy (non-hydrogen) atoms. The highest BCUT2D eigenvalue weighted by atomic mass is 35.5. The van der Waals surface area contributed by atoms with Crippen LogP contribution < -0.4 is 10.2 Å². The molecule has 1 amide bonds. The van der Waals surface area contributed by atoms with E-state index in [1.807, 2.05) is 38.2 Å². The van der Waals surface area contributed by atoms with E-state index in [4.69, 9.17) is 16.3 Å². The van der Waals surface area contributed by atoms with Gasteiger partial charge in [0, 0.05) is 43.1 Å². The maximum Gasteiger partial charge on any atom is 0.270 e. The fourth-order valence-corrected chi connectivity index (χ4v) is 3.77. The summed E-state index contributed by atoms with van der Waals surface area (Å²) in [6.45, 7) is 7.12. The number of anilines is 1. The molecule has 3 aromatic rings. The molecule has 1 aromatic carbocycles. The van der Waals surface area contributed by atoms with Crippen LogP contribution in [0.25, 0.3) is 5.65 Å². The largest absolute Gasteiger partial charge is 0.375 e. The smallest absolute Gasteiger partial charge is 0.270 e. The number of benzene rings is 1. The Hall–Kier alpha value is -2.64. The summed E-state index contributed by atoms with van der Waals surface area (Å²) in [7, 11) is 2.03. The van der Waals surface area contributed by atoms with Crippen LogP contribution in [0, 0.1) is 5.92 Å². The summed E-state index contributed by atoms with van der Waals surface area (Å²) in [5.74, 6) is 0.116. The van der Waals surface area contributed by atoms with Gasteiger partial charge in [-0.1, -0.05) is 37.6 Å². The quantitative estimate of drug-likeness (QED) is 0.411. The third kappa shape index (κ3) is 6.68. The number of carbonyl (C=O) groups is 1. The van der Waals surface area contributed by atoms with Crippen molar-refractivity contribution in [3.05, 3.63) is 64.6 Å². The lowest BCUT2D eigenvalue weighted by Crippen LogP contribution is -2.25. The molecule has 2 unspecified atom stereocenters. The Morgan fingerprint density at radius 2 is 2.00 bits per heavy atom. The van der Waals surface area contributed by atoms with Crippen LogP contribution in [0.4, 0.5) is 10.1 Å². The van der Waals surface area contributed by atoms with Crippen LogP contribution in [-0.4, -0.2) is 41.8 Å². The number of nitrogens with zero attached hydrogens (tertiary/aromatic N) is 3. The first-order valence-electron chi connectivity index (χ1n) is 11.3. The Morgan fingerprint density at radius 3 is 2.67 bits per heavy atom. The normalized spacial score (nSPS) is 13.2. The van der Waals surface area contributed by atoms with Crippen LogP contribution in [-0.2, 0) is 17.7 Å². The molecule has 0 saturated heterocycles. The first kappa shape index (κ1) is 25.0. The molecular formula is C25H32ClFN4O2. The van der Waals surface area contributed by atoms with Crippen molar-refractivity contribution in [1.82, 2.24) is 14.7 Å². The summed E-state index contributed by atoms with van der Waals surface area (Å²) in [6.07, 6.45) is 2.11. The monoisotopic (exact) mass is 474 g/mol. The molecule has 0 aliphatic heterocycles. The Kier molecular flexibility index (Phi) is 8.69. The van der Waals surface area contributed by atoms with Crippen LogP contribution in [0.5, 0.6) is 0 Å². The van der Waals surface area contributed by atoms with Crippen molar-refractivity contribution in [3.8, 4) is 0 Å². The molecule has 0 aliphatic rings. The van der Waals surface area contributed by atoms with Gasteiger partial charge in [0.05, 0.1) is 12.3 Å². The van der Waals surface area contributed by atoms with Crippen molar-refractivity contribution in [2.45, 2.75) is 46.5 Å². The number of imidazole rings is 1. The highest BCUT2D eigenvalue weighted by Gasteiger charge is 2.18. The van der Waals surface area contributed by atoms with Crippen molar-refractivity contribution in [2.75, 3.05) is 25.1 Å². The van der Waals surface area contributed by atoms with E-state index < -0.39 is 6.36 Å². The number of rotatable bonds is 11. The standard InChI is InChI=1S/C25H32ClFN4O2/c1-5-22-24(31-13-11-20(26)14-23(31)29-22)25(32)28-15-19-6-8-21(9-7-19)30(4)12-10-17(2)16-33-18(3)27/h6-9,11,13-14,17-18H,5,10,12,15-16H2,1-4H3,(H,28,32). The van der Waals surface area contributed by atoms with Gasteiger partial charge in [0.25, 0.3) is 5.91 Å². The summed E-state index contributed by atoms with van der Waals surface area (Å²) in [6, 6.07) is 11.6. The minimum absolute atomic E-state index is 0.165. The lowest BCUT2D eigenvalue weighted by molar-refractivity contribution is -0.0387. The van der Waals surface area contributed by atoms with Crippen molar-refractivity contribution in [2.24, 2.45) is 5.92 Å². The van der Waals surface area contributed by atoms with Gasteiger partial charge in [0.15, 0.2) is 6.36 Å². The number of pyridine rings is 1. The van der Waals surface area contributed by atoms with Crippen molar-refractivity contribution < 1.29 is 13.9 Å². The number of amides is 1. The van der Waals surface area contributed by atoms with E-state index in [2.05, 4.69) is 22.1 Å². The summed E-state index contributed by atoms with van der Waals surface area (Å²) in [5.41, 5.74) is 4.04. The van der Waals surface area contributed by atoms with Gasteiger partial charge in [-0.2, -0.15) is 0 Å². The minimum Gasteiger partial charge on any atom is -0.375 e. The molecule has 0 aliphatic carbocycles. The van der Waals surface area contributed by atoms with Gasteiger partial charge in [0.1, 0.15) is 11.3 Å². The predicted octanol–water partition coefficient (Wildman–Crippen LogP) is 5.27. The number of aryl methyl sites for hydroxylation is 1. The fraction of sp³-hybridized carbons (Fsp3) is 0.440. The number of hydrogen-bond donors (Lipinski definition) is 1. The van der Waals surface area contributed by atoms with Crippen LogP contribution in [0.2, 0.25) is 5.02 Å². The molecule has 178 valence electrons. The molecule has 0 spiro atoms. The maximum absolute atomic E-state index is 12.9. The molecular weight excluding hydrogens is 443 g/mol. The second-order valence-electron chi connectivity index (χ2n) is 8.37. The van der Waals surface area contributed by atoms with Crippen molar-refractivity contribution in [1.29, 1.82) is 0 Å². The van der Waals surface area contributed by atoms with Crippen LogP contribution in [0.1, 0.15) is 48.9 Å².